The summed E-state index contributed by atoms with van der Waals surface area (Å²) in [6.07, 6.45) is 0. The monoisotopic (exact) mass is 347 g/mol. The Bertz CT molecular complexity index is 1060. The third kappa shape index (κ3) is 3.10. The highest BCUT2D eigenvalue weighted by molar-refractivity contribution is 7.99. The average Bonchev–Trinajstić information content (AvgIpc) is 3.02. The fraction of sp³-hybridized carbons (Fsp3) is 0.100. The van der Waals surface area contributed by atoms with E-state index in [1.54, 1.807) is 11.8 Å². The first kappa shape index (κ1) is 15.7. The number of rotatable bonds is 3. The molecule has 1 aromatic heterocycles. The molecule has 0 unspecified atom stereocenters. The number of aromatic hydroxyl groups is 1. The molecule has 124 valence electrons. The van der Waals surface area contributed by atoms with Crippen molar-refractivity contribution in [2.24, 2.45) is 0 Å². The SMILES string of the molecule is Cc1cc(C)c(O)c(-n2nc3ccc(Sc4ccccc4)cc3n2)c1. The zero-order valence-electron chi connectivity index (χ0n) is 14.0. The van der Waals surface area contributed by atoms with Gasteiger partial charge in [0.2, 0.25) is 0 Å². The van der Waals surface area contributed by atoms with Crippen molar-refractivity contribution < 1.29 is 5.11 Å². The van der Waals surface area contributed by atoms with Crippen LogP contribution in [0, 0.1) is 13.8 Å². The summed E-state index contributed by atoms with van der Waals surface area (Å²) in [5, 5.41) is 19.4. The van der Waals surface area contributed by atoms with E-state index in [2.05, 4.69) is 22.3 Å². The highest BCUT2D eigenvalue weighted by Gasteiger charge is 2.12. The summed E-state index contributed by atoms with van der Waals surface area (Å²) in [7, 11) is 0. The van der Waals surface area contributed by atoms with Gasteiger partial charge in [-0.25, -0.2) is 0 Å². The van der Waals surface area contributed by atoms with Crippen LogP contribution in [-0.4, -0.2) is 20.1 Å². The van der Waals surface area contributed by atoms with Gasteiger partial charge in [0.05, 0.1) is 0 Å². The van der Waals surface area contributed by atoms with Crippen molar-refractivity contribution in [2.45, 2.75) is 23.6 Å². The lowest BCUT2D eigenvalue weighted by molar-refractivity contribution is 0.463. The summed E-state index contributed by atoms with van der Waals surface area (Å²) < 4.78 is 0. The molecule has 4 aromatic rings. The lowest BCUT2D eigenvalue weighted by Crippen LogP contribution is -2.00. The first-order chi connectivity index (χ1) is 12.1. The summed E-state index contributed by atoms with van der Waals surface area (Å²) >= 11 is 1.69. The lowest BCUT2D eigenvalue weighted by atomic mass is 10.1. The van der Waals surface area contributed by atoms with Crippen LogP contribution in [0.5, 0.6) is 5.75 Å². The molecule has 3 aromatic carbocycles. The highest BCUT2D eigenvalue weighted by Crippen LogP contribution is 2.30. The fourth-order valence-electron chi connectivity index (χ4n) is 2.78. The van der Waals surface area contributed by atoms with Crippen LogP contribution in [0.2, 0.25) is 0 Å². The molecule has 0 spiro atoms. The summed E-state index contributed by atoms with van der Waals surface area (Å²) in [6, 6.07) is 20.1. The Morgan fingerprint density at radius 2 is 1.60 bits per heavy atom. The molecule has 0 atom stereocenters. The van der Waals surface area contributed by atoms with Crippen LogP contribution in [0.1, 0.15) is 11.1 Å². The Morgan fingerprint density at radius 3 is 2.40 bits per heavy atom. The van der Waals surface area contributed by atoms with E-state index >= 15 is 0 Å². The molecule has 0 fully saturated rings. The Hall–Kier alpha value is -2.79. The van der Waals surface area contributed by atoms with Gasteiger partial charge in [0, 0.05) is 9.79 Å². The molecule has 4 nitrogen and oxygen atoms in total. The second-order valence-corrected chi connectivity index (χ2v) is 7.15. The highest BCUT2D eigenvalue weighted by atomic mass is 32.2. The van der Waals surface area contributed by atoms with Gasteiger partial charge in [-0.15, -0.1) is 15.0 Å². The number of phenols is 1. The third-order valence-electron chi connectivity index (χ3n) is 3.97. The molecular formula is C20H17N3OS. The van der Waals surface area contributed by atoms with Gasteiger partial charge in [0.15, 0.2) is 0 Å². The maximum atomic E-state index is 10.3. The van der Waals surface area contributed by atoms with Gasteiger partial charge in [-0.2, -0.15) is 0 Å². The molecule has 1 N–H and O–H groups in total. The largest absolute Gasteiger partial charge is 0.505 e. The van der Waals surface area contributed by atoms with Gasteiger partial charge in [-0.1, -0.05) is 36.0 Å². The van der Waals surface area contributed by atoms with Crippen molar-refractivity contribution in [3.05, 3.63) is 71.8 Å². The van der Waals surface area contributed by atoms with Crippen molar-refractivity contribution in [1.82, 2.24) is 15.0 Å². The van der Waals surface area contributed by atoms with E-state index in [4.69, 9.17) is 0 Å². The number of hydrogen-bond acceptors (Lipinski definition) is 4. The third-order valence-corrected chi connectivity index (χ3v) is 4.97. The Labute approximate surface area is 150 Å². The number of nitrogens with zero attached hydrogens (tertiary/aromatic N) is 3. The molecule has 0 amide bonds. The van der Waals surface area contributed by atoms with E-state index in [-0.39, 0.29) is 5.75 Å². The minimum atomic E-state index is 0.213. The van der Waals surface area contributed by atoms with E-state index in [9.17, 15) is 5.11 Å². The molecule has 0 saturated heterocycles. The summed E-state index contributed by atoms with van der Waals surface area (Å²) in [6.45, 7) is 3.87. The van der Waals surface area contributed by atoms with E-state index in [1.807, 2.05) is 62.4 Å². The average molecular weight is 347 g/mol. The van der Waals surface area contributed by atoms with Crippen LogP contribution in [0.4, 0.5) is 0 Å². The molecule has 25 heavy (non-hydrogen) atoms. The zero-order valence-corrected chi connectivity index (χ0v) is 14.8. The quantitative estimate of drug-likeness (QED) is 0.573. The lowest BCUT2D eigenvalue weighted by Gasteiger charge is -2.07. The van der Waals surface area contributed by atoms with Crippen LogP contribution in [0.25, 0.3) is 16.7 Å². The molecule has 0 aliphatic heterocycles. The molecule has 4 rings (SSSR count). The molecule has 0 aliphatic rings. The van der Waals surface area contributed by atoms with Crippen LogP contribution in [0.3, 0.4) is 0 Å². The number of hydrogen-bond donors (Lipinski definition) is 1. The predicted octanol–water partition coefficient (Wildman–Crippen LogP) is 4.89. The van der Waals surface area contributed by atoms with Crippen LogP contribution >= 0.6 is 11.8 Å². The van der Waals surface area contributed by atoms with Gasteiger partial charge in [0.1, 0.15) is 22.5 Å². The standard InChI is InChI=1S/C20H17N3OS/c1-13-10-14(2)20(24)19(11-13)23-21-17-9-8-16(12-18(17)22-23)25-15-6-4-3-5-7-15/h3-12,24H,1-2H3. The van der Waals surface area contributed by atoms with Crippen molar-refractivity contribution in [2.75, 3.05) is 0 Å². The first-order valence-electron chi connectivity index (χ1n) is 8.01. The minimum absolute atomic E-state index is 0.213. The van der Waals surface area contributed by atoms with Gasteiger partial charge in [-0.05, 0) is 61.4 Å². The summed E-state index contributed by atoms with van der Waals surface area (Å²) in [5.41, 5.74) is 4.09. The molecular weight excluding hydrogens is 330 g/mol. The minimum Gasteiger partial charge on any atom is -0.505 e. The maximum Gasteiger partial charge on any atom is 0.146 e. The number of benzene rings is 3. The molecule has 1 heterocycles. The number of fused-ring (bicyclic) bond motifs is 1. The Balaban J connectivity index is 1.74. The van der Waals surface area contributed by atoms with Crippen LogP contribution in [0.15, 0.2) is 70.5 Å². The van der Waals surface area contributed by atoms with E-state index in [1.165, 1.54) is 9.69 Å². The van der Waals surface area contributed by atoms with E-state index < -0.39 is 0 Å². The van der Waals surface area contributed by atoms with Crippen molar-refractivity contribution in [3.8, 4) is 11.4 Å². The molecule has 0 aliphatic carbocycles. The van der Waals surface area contributed by atoms with E-state index in [0.29, 0.717) is 5.69 Å². The topological polar surface area (TPSA) is 50.9 Å². The number of aromatic nitrogens is 3. The normalized spacial score (nSPS) is 11.1. The summed E-state index contributed by atoms with van der Waals surface area (Å²) in [5.74, 6) is 0.213. The first-order valence-corrected chi connectivity index (χ1v) is 8.82. The second kappa shape index (κ2) is 6.26. The van der Waals surface area contributed by atoms with Crippen molar-refractivity contribution >= 4 is 22.8 Å². The predicted molar refractivity (Wildman–Crippen MR) is 101 cm³/mol. The fourth-order valence-corrected chi connectivity index (χ4v) is 3.65. The van der Waals surface area contributed by atoms with Gasteiger partial charge >= 0.3 is 0 Å². The molecule has 0 saturated carbocycles. The van der Waals surface area contributed by atoms with Gasteiger partial charge < -0.3 is 5.11 Å². The van der Waals surface area contributed by atoms with Crippen LogP contribution in [-0.2, 0) is 0 Å². The van der Waals surface area contributed by atoms with Gasteiger partial charge in [-0.3, -0.25) is 0 Å². The van der Waals surface area contributed by atoms with Gasteiger partial charge in [0.25, 0.3) is 0 Å². The summed E-state index contributed by atoms with van der Waals surface area (Å²) in [4.78, 5) is 3.80. The number of phenolic OH excluding ortho intramolecular Hbond substituents is 1. The second-order valence-electron chi connectivity index (χ2n) is 6.00. The Kier molecular flexibility index (Phi) is 3.93. The molecule has 0 radical (unpaired) electrons. The van der Waals surface area contributed by atoms with Crippen molar-refractivity contribution in [1.29, 1.82) is 0 Å². The Morgan fingerprint density at radius 1 is 0.840 bits per heavy atom. The van der Waals surface area contributed by atoms with Crippen LogP contribution < -0.4 is 0 Å². The zero-order chi connectivity index (χ0) is 17.4. The number of aryl methyl sites for hydroxylation is 2. The molecule has 5 heteroatoms. The molecule has 0 bridgehead atoms. The maximum absolute atomic E-state index is 10.3. The smallest absolute Gasteiger partial charge is 0.146 e. The van der Waals surface area contributed by atoms with Crippen molar-refractivity contribution in [3.63, 3.8) is 0 Å². The van der Waals surface area contributed by atoms with E-state index in [0.717, 1.165) is 27.1 Å².